The summed E-state index contributed by atoms with van der Waals surface area (Å²) in [4.78, 5) is 0. The predicted molar refractivity (Wildman–Crippen MR) is 44.3 cm³/mol. The number of halogens is 2. The van der Waals surface area contributed by atoms with Crippen LogP contribution in [0.3, 0.4) is 0 Å². The molecule has 0 aliphatic carbocycles. The maximum Gasteiger partial charge on any atom is 0.168 e. The van der Waals surface area contributed by atoms with Crippen molar-refractivity contribution in [3.63, 3.8) is 0 Å². The molecule has 0 saturated heterocycles. The van der Waals surface area contributed by atoms with Gasteiger partial charge in [-0.05, 0) is 24.6 Å². The summed E-state index contributed by atoms with van der Waals surface area (Å²) < 4.78 is 4.39. The first-order valence-corrected chi connectivity index (χ1v) is 3.61. The van der Waals surface area contributed by atoms with Gasteiger partial charge < -0.3 is 9.40 Å². The maximum absolute atomic E-state index is 9.14. The van der Waals surface area contributed by atoms with Crippen molar-refractivity contribution >= 4 is 23.5 Å². The van der Waals surface area contributed by atoms with E-state index in [4.69, 9.17) is 28.6 Å². The van der Waals surface area contributed by atoms with Gasteiger partial charge in [-0.15, -0.1) is 0 Å². The number of aromatic hydroxyl groups is 1. The smallest absolute Gasteiger partial charge is 0.168 e. The van der Waals surface area contributed by atoms with Gasteiger partial charge in [-0.3, -0.25) is 0 Å². The number of hydrogen-bond donors (Lipinski definition) is 1. The van der Waals surface area contributed by atoms with Crippen molar-refractivity contribution < 1.29 is 9.40 Å². The average molecular weight is 193 g/mol. The molecule has 0 aliphatic rings. The van der Waals surface area contributed by atoms with Crippen LogP contribution in [0.5, 0.6) is 11.5 Å². The third kappa shape index (κ3) is 1.70. The molecule has 4 heteroatoms. The molecule has 0 fully saturated rings. The minimum Gasteiger partial charge on any atom is -0.506 e. The molecule has 0 spiro atoms. The number of phenolic OH excluding ortho intramolecular Hbond substituents is 1. The number of phenols is 1. The molecule has 60 valence electrons. The van der Waals surface area contributed by atoms with Crippen LogP contribution in [0, 0.1) is 6.92 Å². The number of aryl methyl sites for hydroxylation is 1. The second-order valence-corrected chi connectivity index (χ2v) is 2.71. The second-order valence-electron chi connectivity index (χ2n) is 2.17. The quantitative estimate of drug-likeness (QED) is 0.742. The Morgan fingerprint density at radius 1 is 1.45 bits per heavy atom. The molecule has 11 heavy (non-hydrogen) atoms. The van der Waals surface area contributed by atoms with Crippen molar-refractivity contribution in [2.24, 2.45) is 0 Å². The molecule has 0 amide bonds. The largest absolute Gasteiger partial charge is 0.506 e. The maximum atomic E-state index is 9.14. The molecule has 2 nitrogen and oxygen atoms in total. The normalized spacial score (nSPS) is 9.73. The van der Waals surface area contributed by atoms with E-state index < -0.39 is 0 Å². The Balaban J connectivity index is 3.24. The highest BCUT2D eigenvalue weighted by Gasteiger charge is 2.06. The van der Waals surface area contributed by atoms with Gasteiger partial charge in [0.1, 0.15) is 22.6 Å². The van der Waals surface area contributed by atoms with Crippen LogP contribution in [0.2, 0.25) is 5.02 Å². The van der Waals surface area contributed by atoms with Gasteiger partial charge in [0.15, 0.2) is 5.75 Å². The zero-order valence-corrected chi connectivity index (χ0v) is 7.28. The lowest BCUT2D eigenvalue weighted by Crippen LogP contribution is -1.80. The zero-order valence-electron chi connectivity index (χ0n) is 5.77. The molecular weight excluding hydrogens is 187 g/mol. The third-order valence-corrected chi connectivity index (χ3v) is 1.79. The average Bonchev–Trinajstić information content (AvgIpc) is 1.96. The lowest BCUT2D eigenvalue weighted by molar-refractivity contribution is 0.471. The predicted octanol–water partition coefficient (Wildman–Crippen LogP) is 2.89. The molecule has 1 rings (SSSR count). The van der Waals surface area contributed by atoms with Crippen molar-refractivity contribution in [1.29, 1.82) is 0 Å². The number of benzene rings is 1. The van der Waals surface area contributed by atoms with Gasteiger partial charge in [0.05, 0.1) is 0 Å². The van der Waals surface area contributed by atoms with Crippen molar-refractivity contribution in [3.8, 4) is 11.5 Å². The standard InChI is InChI=1S/C7H6Cl2O2/c1-4-2-5(10)7(8)6(3-4)11-9/h2-3,10H,1H3. The summed E-state index contributed by atoms with van der Waals surface area (Å²) >= 11 is 10.7. The van der Waals surface area contributed by atoms with Crippen LogP contribution in [0.1, 0.15) is 5.56 Å². The molecule has 0 saturated carbocycles. The highest BCUT2D eigenvalue weighted by molar-refractivity contribution is 6.33. The monoisotopic (exact) mass is 192 g/mol. The van der Waals surface area contributed by atoms with E-state index >= 15 is 0 Å². The molecule has 1 N–H and O–H groups in total. The summed E-state index contributed by atoms with van der Waals surface area (Å²) in [5.74, 6) is 0.244. The molecule has 0 unspecified atom stereocenters. The fraction of sp³-hybridized carbons (Fsp3) is 0.143. The van der Waals surface area contributed by atoms with Gasteiger partial charge in [-0.2, -0.15) is 0 Å². The topological polar surface area (TPSA) is 29.5 Å². The molecule has 1 aromatic rings. The summed E-state index contributed by atoms with van der Waals surface area (Å²) in [5.41, 5.74) is 0.836. The Morgan fingerprint density at radius 2 is 2.09 bits per heavy atom. The summed E-state index contributed by atoms with van der Waals surface area (Å²) in [6, 6.07) is 3.16. The molecule has 0 atom stereocenters. The third-order valence-electron chi connectivity index (χ3n) is 1.25. The van der Waals surface area contributed by atoms with Gasteiger partial charge in [0, 0.05) is 0 Å². The van der Waals surface area contributed by atoms with E-state index in [1.807, 2.05) is 0 Å². The summed E-state index contributed by atoms with van der Waals surface area (Å²) in [6.45, 7) is 1.80. The van der Waals surface area contributed by atoms with Gasteiger partial charge in [-0.25, -0.2) is 0 Å². The van der Waals surface area contributed by atoms with Crippen LogP contribution < -0.4 is 4.29 Å². The molecular formula is C7H6Cl2O2. The first kappa shape index (κ1) is 8.50. The molecule has 0 heterocycles. The first-order valence-electron chi connectivity index (χ1n) is 2.93. The Labute approximate surface area is 74.5 Å². The second kappa shape index (κ2) is 3.20. The van der Waals surface area contributed by atoms with E-state index in [2.05, 4.69) is 4.29 Å². The lowest BCUT2D eigenvalue weighted by atomic mass is 10.2. The Kier molecular flexibility index (Phi) is 2.47. The van der Waals surface area contributed by atoms with E-state index in [1.165, 1.54) is 6.07 Å². The Hall–Kier alpha value is -0.600. The molecule has 0 bridgehead atoms. The van der Waals surface area contributed by atoms with Gasteiger partial charge in [0.2, 0.25) is 0 Å². The van der Waals surface area contributed by atoms with Crippen LogP contribution in [-0.4, -0.2) is 5.11 Å². The van der Waals surface area contributed by atoms with Crippen LogP contribution >= 0.6 is 23.5 Å². The number of hydrogen-bond acceptors (Lipinski definition) is 2. The minimum absolute atomic E-state index is 0.0256. The molecule has 0 radical (unpaired) electrons. The lowest BCUT2D eigenvalue weighted by Gasteiger charge is -2.02. The van der Waals surface area contributed by atoms with Crippen molar-refractivity contribution in [2.45, 2.75) is 6.92 Å². The zero-order chi connectivity index (χ0) is 8.43. The van der Waals surface area contributed by atoms with Crippen molar-refractivity contribution in [1.82, 2.24) is 0 Å². The SMILES string of the molecule is Cc1cc(O)c(Cl)c(OCl)c1. The molecule has 0 aliphatic heterocycles. The Morgan fingerprint density at radius 3 is 2.64 bits per heavy atom. The minimum atomic E-state index is -0.0256. The summed E-state index contributed by atoms with van der Waals surface area (Å²) in [5, 5.41) is 9.27. The van der Waals surface area contributed by atoms with E-state index in [0.29, 0.717) is 0 Å². The fourth-order valence-corrected chi connectivity index (χ4v) is 1.08. The van der Waals surface area contributed by atoms with E-state index in [0.717, 1.165) is 5.56 Å². The van der Waals surface area contributed by atoms with Crippen LogP contribution in [0.4, 0.5) is 0 Å². The van der Waals surface area contributed by atoms with E-state index in [1.54, 1.807) is 13.0 Å². The van der Waals surface area contributed by atoms with Gasteiger partial charge >= 0.3 is 0 Å². The highest BCUT2D eigenvalue weighted by Crippen LogP contribution is 2.34. The fourth-order valence-electron chi connectivity index (χ4n) is 0.773. The highest BCUT2D eigenvalue weighted by atomic mass is 35.5. The van der Waals surface area contributed by atoms with E-state index in [-0.39, 0.29) is 16.5 Å². The van der Waals surface area contributed by atoms with Gasteiger partial charge in [-0.1, -0.05) is 11.6 Å². The Bertz CT molecular complexity index is 273. The number of rotatable bonds is 1. The van der Waals surface area contributed by atoms with Crippen molar-refractivity contribution in [2.75, 3.05) is 0 Å². The van der Waals surface area contributed by atoms with E-state index in [9.17, 15) is 0 Å². The van der Waals surface area contributed by atoms with Crippen molar-refractivity contribution in [3.05, 3.63) is 22.7 Å². The van der Waals surface area contributed by atoms with Crippen LogP contribution in [-0.2, 0) is 0 Å². The van der Waals surface area contributed by atoms with Gasteiger partial charge in [0.25, 0.3) is 0 Å². The summed E-state index contributed by atoms with van der Waals surface area (Å²) in [6.07, 6.45) is 0. The summed E-state index contributed by atoms with van der Waals surface area (Å²) in [7, 11) is 0. The van der Waals surface area contributed by atoms with Crippen LogP contribution in [0.25, 0.3) is 0 Å². The molecule has 1 aromatic carbocycles. The van der Waals surface area contributed by atoms with Crippen LogP contribution in [0.15, 0.2) is 12.1 Å². The first-order chi connectivity index (χ1) is 5.15. The molecule has 0 aromatic heterocycles.